The number of rotatable bonds is 7. The number of carbonyl (C=O) groups is 3. The Morgan fingerprint density at radius 3 is 2.44 bits per heavy atom. The van der Waals surface area contributed by atoms with Crippen LogP contribution in [0.1, 0.15) is 23.6 Å². The minimum Gasteiger partial charge on any atom is -0.490 e. The molecule has 3 aromatic carbocycles. The summed E-state index contributed by atoms with van der Waals surface area (Å²) in [5.41, 5.74) is 2.28. The van der Waals surface area contributed by atoms with Gasteiger partial charge in [0.25, 0.3) is 11.8 Å². The first-order chi connectivity index (χ1) is 17.3. The van der Waals surface area contributed by atoms with Crippen LogP contribution in [-0.4, -0.2) is 24.5 Å². The number of urea groups is 1. The van der Waals surface area contributed by atoms with E-state index in [2.05, 4.69) is 21.2 Å². The number of imide groups is 2. The Morgan fingerprint density at radius 1 is 0.972 bits per heavy atom. The fourth-order valence-corrected chi connectivity index (χ4v) is 4.04. The van der Waals surface area contributed by atoms with Crippen LogP contribution in [0.5, 0.6) is 11.5 Å². The van der Waals surface area contributed by atoms with Crippen molar-refractivity contribution in [3.63, 3.8) is 0 Å². The molecular weight excluding hydrogens is 548 g/mol. The summed E-state index contributed by atoms with van der Waals surface area (Å²) in [6, 6.07) is 16.9. The molecular formula is C27H22BrClN2O5. The van der Waals surface area contributed by atoms with Crippen LogP contribution in [0.3, 0.4) is 0 Å². The zero-order chi connectivity index (χ0) is 25.8. The van der Waals surface area contributed by atoms with Crippen molar-refractivity contribution >= 4 is 57.1 Å². The van der Waals surface area contributed by atoms with Crippen molar-refractivity contribution < 1.29 is 23.9 Å². The number of ether oxygens (including phenoxy) is 2. The van der Waals surface area contributed by atoms with E-state index in [1.54, 1.807) is 37.3 Å². The zero-order valence-corrected chi connectivity index (χ0v) is 21.9. The van der Waals surface area contributed by atoms with Crippen LogP contribution >= 0.6 is 27.5 Å². The fraction of sp³-hybridized carbons (Fsp3) is 0.148. The predicted octanol–water partition coefficient (Wildman–Crippen LogP) is 6.06. The number of nitrogens with zero attached hydrogens (tertiary/aromatic N) is 1. The highest BCUT2D eigenvalue weighted by Crippen LogP contribution is 2.32. The number of hydrogen-bond donors (Lipinski definition) is 1. The van der Waals surface area contributed by atoms with Crippen molar-refractivity contribution in [1.29, 1.82) is 0 Å². The van der Waals surface area contributed by atoms with Crippen molar-refractivity contribution in [1.82, 2.24) is 5.32 Å². The molecule has 7 nitrogen and oxygen atoms in total. The molecule has 4 amide bonds. The second kappa shape index (κ2) is 11.0. The van der Waals surface area contributed by atoms with E-state index >= 15 is 0 Å². The first kappa shape index (κ1) is 25.5. The molecule has 0 aliphatic carbocycles. The summed E-state index contributed by atoms with van der Waals surface area (Å²) >= 11 is 9.49. The van der Waals surface area contributed by atoms with E-state index in [4.69, 9.17) is 21.1 Å². The molecule has 1 aliphatic rings. The van der Waals surface area contributed by atoms with Crippen LogP contribution < -0.4 is 19.7 Å². The first-order valence-corrected chi connectivity index (χ1v) is 12.3. The molecule has 0 aromatic heterocycles. The first-order valence-electron chi connectivity index (χ1n) is 11.1. The third-order valence-corrected chi connectivity index (χ3v) is 6.16. The number of nitrogens with one attached hydrogen (secondary N) is 1. The molecule has 1 fully saturated rings. The molecule has 4 rings (SSSR count). The largest absolute Gasteiger partial charge is 0.490 e. The summed E-state index contributed by atoms with van der Waals surface area (Å²) in [6.07, 6.45) is 1.41. The van der Waals surface area contributed by atoms with E-state index in [9.17, 15) is 14.4 Å². The monoisotopic (exact) mass is 568 g/mol. The molecule has 3 aromatic rings. The third kappa shape index (κ3) is 5.61. The van der Waals surface area contributed by atoms with Gasteiger partial charge in [0.1, 0.15) is 12.2 Å². The van der Waals surface area contributed by atoms with Crippen molar-refractivity contribution in [2.75, 3.05) is 11.5 Å². The lowest BCUT2D eigenvalue weighted by Crippen LogP contribution is -2.54. The molecule has 9 heteroatoms. The maximum absolute atomic E-state index is 13.2. The molecule has 1 heterocycles. The lowest BCUT2D eigenvalue weighted by atomic mass is 10.1. The van der Waals surface area contributed by atoms with Crippen LogP contribution in [-0.2, 0) is 16.2 Å². The molecule has 0 saturated carbocycles. The van der Waals surface area contributed by atoms with Gasteiger partial charge >= 0.3 is 6.03 Å². The lowest BCUT2D eigenvalue weighted by molar-refractivity contribution is -0.122. The highest BCUT2D eigenvalue weighted by Gasteiger charge is 2.37. The maximum atomic E-state index is 13.2. The van der Waals surface area contributed by atoms with Crippen LogP contribution in [0.25, 0.3) is 6.08 Å². The highest BCUT2D eigenvalue weighted by atomic mass is 79.9. The molecule has 0 bridgehead atoms. The molecule has 0 spiro atoms. The molecule has 1 N–H and O–H groups in total. The second-order valence-corrected chi connectivity index (χ2v) is 9.30. The molecule has 0 radical (unpaired) electrons. The van der Waals surface area contributed by atoms with Gasteiger partial charge < -0.3 is 9.47 Å². The van der Waals surface area contributed by atoms with Crippen LogP contribution in [0.2, 0.25) is 5.02 Å². The average molecular weight is 570 g/mol. The Morgan fingerprint density at radius 2 is 1.72 bits per heavy atom. The SMILES string of the molecule is CCOc1cc(/C=C2\C(=O)NC(=O)N(c3cc(Cl)ccc3C)C2=O)ccc1OCc1ccc(Br)cc1. The van der Waals surface area contributed by atoms with Gasteiger partial charge in [0, 0.05) is 9.50 Å². The predicted molar refractivity (Wildman–Crippen MR) is 141 cm³/mol. The van der Waals surface area contributed by atoms with Gasteiger partial charge in [-0.3, -0.25) is 14.9 Å². The number of aryl methyl sites for hydroxylation is 1. The number of hydrogen-bond acceptors (Lipinski definition) is 5. The van der Waals surface area contributed by atoms with Crippen molar-refractivity contribution in [3.05, 3.63) is 92.4 Å². The minimum absolute atomic E-state index is 0.194. The summed E-state index contributed by atoms with van der Waals surface area (Å²) in [7, 11) is 0. The average Bonchev–Trinajstić information content (AvgIpc) is 2.84. The van der Waals surface area contributed by atoms with Gasteiger partial charge in [0.2, 0.25) is 0 Å². The quantitative estimate of drug-likeness (QED) is 0.276. The Bertz CT molecular complexity index is 1370. The number of halogens is 2. The number of anilines is 1. The Kier molecular flexibility index (Phi) is 7.76. The second-order valence-electron chi connectivity index (χ2n) is 7.94. The number of barbiturate groups is 1. The Hall–Kier alpha value is -3.62. The van der Waals surface area contributed by atoms with Crippen molar-refractivity contribution in [3.8, 4) is 11.5 Å². The van der Waals surface area contributed by atoms with Crippen LogP contribution in [0, 0.1) is 6.92 Å². The van der Waals surface area contributed by atoms with Gasteiger partial charge in [0.05, 0.1) is 12.3 Å². The van der Waals surface area contributed by atoms with E-state index in [-0.39, 0.29) is 5.57 Å². The fourth-order valence-electron chi connectivity index (χ4n) is 3.61. The van der Waals surface area contributed by atoms with E-state index in [1.807, 2.05) is 31.2 Å². The highest BCUT2D eigenvalue weighted by molar-refractivity contribution is 9.10. The van der Waals surface area contributed by atoms with Crippen LogP contribution in [0.4, 0.5) is 10.5 Å². The summed E-state index contributed by atoms with van der Waals surface area (Å²) in [5.74, 6) is -0.545. The minimum atomic E-state index is -0.834. The number of amides is 4. The molecule has 184 valence electrons. The molecule has 0 unspecified atom stereocenters. The topological polar surface area (TPSA) is 84.9 Å². The maximum Gasteiger partial charge on any atom is 0.335 e. The Labute approximate surface area is 221 Å². The zero-order valence-electron chi connectivity index (χ0n) is 19.5. The van der Waals surface area contributed by atoms with Gasteiger partial charge in [-0.2, -0.15) is 0 Å². The van der Waals surface area contributed by atoms with Gasteiger partial charge in [0.15, 0.2) is 11.5 Å². The van der Waals surface area contributed by atoms with Gasteiger partial charge in [-0.1, -0.05) is 51.8 Å². The summed E-state index contributed by atoms with van der Waals surface area (Å²) in [6.45, 7) is 4.32. The molecule has 1 saturated heterocycles. The molecule has 36 heavy (non-hydrogen) atoms. The van der Waals surface area contributed by atoms with Crippen LogP contribution in [0.15, 0.2) is 70.7 Å². The number of benzene rings is 3. The van der Waals surface area contributed by atoms with E-state index in [1.165, 1.54) is 12.1 Å². The van der Waals surface area contributed by atoms with E-state index in [0.29, 0.717) is 46.5 Å². The third-order valence-electron chi connectivity index (χ3n) is 5.40. The summed E-state index contributed by atoms with van der Waals surface area (Å²) in [4.78, 5) is 39.3. The van der Waals surface area contributed by atoms with Crippen molar-refractivity contribution in [2.24, 2.45) is 0 Å². The lowest BCUT2D eigenvalue weighted by Gasteiger charge is -2.27. The molecule has 0 atom stereocenters. The normalized spacial score (nSPS) is 14.7. The number of carbonyl (C=O) groups excluding carboxylic acids is 3. The van der Waals surface area contributed by atoms with Crippen molar-refractivity contribution in [2.45, 2.75) is 20.5 Å². The van der Waals surface area contributed by atoms with E-state index < -0.39 is 17.8 Å². The van der Waals surface area contributed by atoms with E-state index in [0.717, 1.165) is 14.9 Å². The standard InChI is InChI=1S/C27H22BrClN2O5/c1-3-35-24-13-18(7-11-23(24)36-15-17-5-8-19(28)9-6-17)12-21-25(32)30-27(34)31(26(21)33)22-14-20(29)10-4-16(22)2/h4-14H,3,15H2,1-2H3,(H,30,32,34)/b21-12+. The Balaban J connectivity index is 1.63. The van der Waals surface area contributed by atoms with Gasteiger partial charge in [-0.25, -0.2) is 9.69 Å². The molecule has 1 aliphatic heterocycles. The smallest absolute Gasteiger partial charge is 0.335 e. The van der Waals surface area contributed by atoms with Gasteiger partial charge in [-0.05, 0) is 73.0 Å². The summed E-state index contributed by atoms with van der Waals surface area (Å²) < 4.78 is 12.7. The summed E-state index contributed by atoms with van der Waals surface area (Å²) in [5, 5.41) is 2.59. The van der Waals surface area contributed by atoms with Gasteiger partial charge in [-0.15, -0.1) is 0 Å².